The lowest BCUT2D eigenvalue weighted by molar-refractivity contribution is -0.124. The lowest BCUT2D eigenvalue weighted by Gasteiger charge is -2.37. The Morgan fingerprint density at radius 3 is 2.95 bits per heavy atom. The summed E-state index contributed by atoms with van der Waals surface area (Å²) in [6.07, 6.45) is 2.11. The van der Waals surface area contributed by atoms with E-state index in [0.717, 1.165) is 18.5 Å². The van der Waals surface area contributed by atoms with Crippen molar-refractivity contribution >= 4 is 17.3 Å². The molecule has 1 heterocycles. The molecule has 1 aliphatic carbocycles. The van der Waals surface area contributed by atoms with Crippen molar-refractivity contribution in [2.24, 2.45) is 0 Å². The zero-order valence-corrected chi connectivity index (χ0v) is 11.7. The molecule has 1 saturated carbocycles. The van der Waals surface area contributed by atoms with Crippen LogP contribution >= 0.6 is 0 Å². The van der Waals surface area contributed by atoms with Crippen LogP contribution in [0.5, 0.6) is 0 Å². The molecule has 3 N–H and O–H groups in total. The summed E-state index contributed by atoms with van der Waals surface area (Å²) in [5, 5.41) is 11.9. The first-order valence-electron chi connectivity index (χ1n) is 7.13. The Kier molecular flexibility index (Phi) is 3.67. The van der Waals surface area contributed by atoms with Crippen LogP contribution in [-0.2, 0) is 9.53 Å². The molecule has 1 amide bonds. The quantitative estimate of drug-likeness (QED) is 0.795. The third-order valence-corrected chi connectivity index (χ3v) is 3.82. The van der Waals surface area contributed by atoms with Crippen molar-refractivity contribution in [3.63, 3.8) is 0 Å². The molecule has 2 fully saturated rings. The van der Waals surface area contributed by atoms with Crippen LogP contribution in [0.15, 0.2) is 18.2 Å². The molecule has 0 radical (unpaired) electrons. The van der Waals surface area contributed by atoms with Gasteiger partial charge in [0.1, 0.15) is 6.04 Å². The number of anilines is 2. The number of amides is 1. The average molecular weight is 286 g/mol. The van der Waals surface area contributed by atoms with Gasteiger partial charge in [0.25, 0.3) is 0 Å². The van der Waals surface area contributed by atoms with Crippen LogP contribution in [0.1, 0.15) is 18.4 Å². The van der Waals surface area contributed by atoms with Crippen LogP contribution in [0.25, 0.3) is 0 Å². The number of rotatable bonds is 3. The van der Waals surface area contributed by atoms with Gasteiger partial charge in [0, 0.05) is 12.6 Å². The summed E-state index contributed by atoms with van der Waals surface area (Å²) in [7, 11) is 0. The van der Waals surface area contributed by atoms with Gasteiger partial charge in [-0.25, -0.2) is 0 Å². The molecule has 3 rings (SSSR count). The number of benzene rings is 1. The van der Waals surface area contributed by atoms with Crippen LogP contribution in [0.2, 0.25) is 0 Å². The van der Waals surface area contributed by atoms with Gasteiger partial charge >= 0.3 is 0 Å². The summed E-state index contributed by atoms with van der Waals surface area (Å²) in [4.78, 5) is 14.3. The zero-order chi connectivity index (χ0) is 14.8. The minimum absolute atomic E-state index is 0.0130. The highest BCUT2D eigenvalue weighted by atomic mass is 16.5. The van der Waals surface area contributed by atoms with Crippen molar-refractivity contribution in [2.45, 2.75) is 24.9 Å². The predicted octanol–water partition coefficient (Wildman–Crippen LogP) is 0.624. The number of nitrogens with zero attached hydrogens (tertiary/aromatic N) is 2. The smallest absolute Gasteiger partial charge is 0.245 e. The molecule has 110 valence electrons. The van der Waals surface area contributed by atoms with Crippen LogP contribution in [-0.4, -0.2) is 37.7 Å². The van der Waals surface area contributed by atoms with Crippen molar-refractivity contribution in [3.05, 3.63) is 23.8 Å². The Morgan fingerprint density at radius 1 is 1.48 bits per heavy atom. The topological polar surface area (TPSA) is 91.4 Å². The van der Waals surface area contributed by atoms with Crippen LogP contribution in [0.4, 0.5) is 11.4 Å². The van der Waals surface area contributed by atoms with Crippen molar-refractivity contribution in [1.29, 1.82) is 5.26 Å². The first-order valence-corrected chi connectivity index (χ1v) is 7.13. The van der Waals surface area contributed by atoms with Gasteiger partial charge in [-0.1, -0.05) is 0 Å². The number of morpholine rings is 1. The van der Waals surface area contributed by atoms with E-state index in [0.29, 0.717) is 37.1 Å². The van der Waals surface area contributed by atoms with Gasteiger partial charge in [-0.05, 0) is 31.0 Å². The molecule has 1 atom stereocenters. The molecule has 21 heavy (non-hydrogen) atoms. The van der Waals surface area contributed by atoms with E-state index in [1.807, 2.05) is 4.90 Å². The highest BCUT2D eigenvalue weighted by molar-refractivity contribution is 5.87. The van der Waals surface area contributed by atoms with E-state index in [1.165, 1.54) is 0 Å². The minimum atomic E-state index is -0.366. The number of ether oxygens (including phenoxy) is 1. The van der Waals surface area contributed by atoms with Crippen molar-refractivity contribution in [3.8, 4) is 6.07 Å². The Bertz CT molecular complexity index is 592. The first-order chi connectivity index (χ1) is 10.2. The van der Waals surface area contributed by atoms with E-state index in [2.05, 4.69) is 11.4 Å². The largest absolute Gasteiger partial charge is 0.397 e. The van der Waals surface area contributed by atoms with Gasteiger partial charge < -0.3 is 20.7 Å². The monoisotopic (exact) mass is 286 g/mol. The van der Waals surface area contributed by atoms with Gasteiger partial charge in [0.2, 0.25) is 5.91 Å². The van der Waals surface area contributed by atoms with E-state index in [1.54, 1.807) is 18.2 Å². The molecule has 1 aliphatic heterocycles. The number of carbonyl (C=O) groups excluding carboxylic acids is 1. The van der Waals surface area contributed by atoms with E-state index in [4.69, 9.17) is 15.7 Å². The second kappa shape index (κ2) is 5.62. The van der Waals surface area contributed by atoms with Crippen LogP contribution in [0, 0.1) is 11.3 Å². The summed E-state index contributed by atoms with van der Waals surface area (Å²) in [6.45, 7) is 1.53. The fraction of sp³-hybridized carbons (Fsp3) is 0.467. The Morgan fingerprint density at radius 2 is 2.29 bits per heavy atom. The fourth-order valence-electron chi connectivity index (χ4n) is 2.52. The lowest BCUT2D eigenvalue weighted by atomic mass is 10.1. The van der Waals surface area contributed by atoms with E-state index < -0.39 is 0 Å². The Balaban J connectivity index is 1.83. The molecule has 1 unspecified atom stereocenters. The van der Waals surface area contributed by atoms with E-state index in [9.17, 15) is 4.79 Å². The second-order valence-corrected chi connectivity index (χ2v) is 5.45. The summed E-state index contributed by atoms with van der Waals surface area (Å²) in [5.74, 6) is -0.0130. The molecule has 0 spiro atoms. The van der Waals surface area contributed by atoms with Crippen molar-refractivity contribution in [2.75, 3.05) is 30.4 Å². The molecule has 1 aromatic rings. The number of carbonyl (C=O) groups is 1. The Labute approximate surface area is 123 Å². The lowest BCUT2D eigenvalue weighted by Crippen LogP contribution is -2.54. The average Bonchev–Trinajstić information content (AvgIpc) is 3.31. The number of nitriles is 1. The van der Waals surface area contributed by atoms with Crippen molar-refractivity contribution < 1.29 is 9.53 Å². The summed E-state index contributed by atoms with van der Waals surface area (Å²) in [5.41, 5.74) is 7.86. The third-order valence-electron chi connectivity index (χ3n) is 3.82. The summed E-state index contributed by atoms with van der Waals surface area (Å²) >= 11 is 0. The highest BCUT2D eigenvalue weighted by Gasteiger charge is 2.33. The predicted molar refractivity (Wildman–Crippen MR) is 78.7 cm³/mol. The van der Waals surface area contributed by atoms with E-state index >= 15 is 0 Å². The molecular formula is C15H18N4O2. The SMILES string of the molecule is N#Cc1ccc(N2CCOCC2C(=O)NC2CC2)c(N)c1. The molecule has 0 aromatic heterocycles. The second-order valence-electron chi connectivity index (χ2n) is 5.45. The maximum absolute atomic E-state index is 12.3. The number of hydrogen-bond acceptors (Lipinski definition) is 5. The minimum Gasteiger partial charge on any atom is -0.397 e. The standard InChI is InChI=1S/C15H18N4O2/c16-8-10-1-4-13(12(17)7-10)19-5-6-21-9-14(19)15(20)18-11-2-3-11/h1,4,7,11,14H,2-3,5-6,9,17H2,(H,18,20). The third kappa shape index (κ3) is 2.93. The van der Waals surface area contributed by atoms with Crippen LogP contribution < -0.4 is 16.0 Å². The molecule has 1 aromatic carbocycles. The fourth-order valence-corrected chi connectivity index (χ4v) is 2.52. The van der Waals surface area contributed by atoms with Gasteiger partial charge in [0.15, 0.2) is 0 Å². The van der Waals surface area contributed by atoms with E-state index in [-0.39, 0.29) is 11.9 Å². The zero-order valence-electron chi connectivity index (χ0n) is 11.7. The van der Waals surface area contributed by atoms with Gasteiger partial charge in [-0.3, -0.25) is 4.79 Å². The Hall–Kier alpha value is -2.26. The maximum atomic E-state index is 12.3. The van der Waals surface area contributed by atoms with Crippen molar-refractivity contribution in [1.82, 2.24) is 5.32 Å². The molecule has 0 bridgehead atoms. The van der Waals surface area contributed by atoms with Gasteiger partial charge in [0.05, 0.1) is 36.2 Å². The van der Waals surface area contributed by atoms with Gasteiger partial charge in [-0.2, -0.15) is 5.26 Å². The molecule has 1 saturated heterocycles. The highest BCUT2D eigenvalue weighted by Crippen LogP contribution is 2.28. The normalized spacial score (nSPS) is 21.7. The summed E-state index contributed by atoms with van der Waals surface area (Å²) in [6, 6.07) is 7.18. The molecule has 2 aliphatic rings. The molecule has 6 heteroatoms. The molecule has 6 nitrogen and oxygen atoms in total. The summed E-state index contributed by atoms with van der Waals surface area (Å²) < 4.78 is 5.45. The molecular weight excluding hydrogens is 268 g/mol. The van der Waals surface area contributed by atoms with Crippen LogP contribution in [0.3, 0.4) is 0 Å². The number of nitrogens with one attached hydrogen (secondary N) is 1. The number of hydrogen-bond donors (Lipinski definition) is 2. The number of nitrogens with two attached hydrogens (primary N) is 1. The maximum Gasteiger partial charge on any atom is 0.245 e. The number of nitrogen functional groups attached to an aromatic ring is 1. The van der Waals surface area contributed by atoms with Gasteiger partial charge in [-0.15, -0.1) is 0 Å². The first kappa shape index (κ1) is 13.7.